The summed E-state index contributed by atoms with van der Waals surface area (Å²) in [7, 11) is 1.12. The Morgan fingerprint density at radius 1 is 1.44 bits per heavy atom. The van der Waals surface area contributed by atoms with Gasteiger partial charge >= 0.3 is 0 Å². The van der Waals surface area contributed by atoms with E-state index in [4.69, 9.17) is 0 Å². The van der Waals surface area contributed by atoms with E-state index in [0.717, 1.165) is 7.05 Å². The highest BCUT2D eigenvalue weighted by Gasteiger charge is 2.46. The van der Waals surface area contributed by atoms with Gasteiger partial charge in [-0.3, -0.25) is 4.68 Å². The number of alkyl halides is 5. The molecule has 1 aromatic rings. The molecular weight excluding hydrogens is 231 g/mol. The van der Waals surface area contributed by atoms with E-state index in [2.05, 4.69) is 5.10 Å². The first-order chi connectivity index (χ1) is 7.34. The number of aryl methyl sites for hydroxylation is 1. The minimum atomic E-state index is -3.28. The van der Waals surface area contributed by atoms with Crippen molar-refractivity contribution in [3.63, 3.8) is 0 Å². The van der Waals surface area contributed by atoms with Crippen molar-refractivity contribution in [2.75, 3.05) is 0 Å². The summed E-state index contributed by atoms with van der Waals surface area (Å²) in [5, 5.41) is 3.28. The van der Waals surface area contributed by atoms with Crippen LogP contribution in [0.5, 0.6) is 0 Å². The maximum Gasteiger partial charge on any atom is 0.289 e. The fourth-order valence-corrected chi connectivity index (χ4v) is 2.04. The Bertz CT molecular complexity index is 412. The van der Waals surface area contributed by atoms with Crippen molar-refractivity contribution in [3.8, 4) is 0 Å². The van der Waals surface area contributed by atoms with Crippen molar-refractivity contribution in [1.29, 1.82) is 0 Å². The van der Waals surface area contributed by atoms with Gasteiger partial charge in [0.05, 0.1) is 0 Å². The molecule has 7 heteroatoms. The Morgan fingerprint density at radius 3 is 2.62 bits per heavy atom. The van der Waals surface area contributed by atoms with E-state index in [-0.39, 0.29) is 0 Å². The molecule has 0 amide bonds. The average molecular weight is 240 g/mol. The lowest BCUT2D eigenvalue weighted by atomic mass is 9.91. The summed E-state index contributed by atoms with van der Waals surface area (Å²) in [6.07, 6.45) is -5.95. The third kappa shape index (κ3) is 1.49. The molecule has 1 unspecified atom stereocenters. The molecule has 0 spiro atoms. The maximum atomic E-state index is 13.4. The highest BCUT2D eigenvalue weighted by Crippen LogP contribution is 2.48. The lowest BCUT2D eigenvalue weighted by Gasteiger charge is -2.25. The van der Waals surface area contributed by atoms with Crippen LogP contribution < -0.4 is 0 Å². The summed E-state index contributed by atoms with van der Waals surface area (Å²) in [6.45, 7) is 0. The van der Waals surface area contributed by atoms with Gasteiger partial charge in [0.2, 0.25) is 0 Å². The average Bonchev–Trinajstić information content (AvgIpc) is 2.52. The largest absolute Gasteiger partial charge is 0.289 e. The number of hydrogen-bond acceptors (Lipinski definition) is 1. The minimum absolute atomic E-state index is 0.453. The van der Waals surface area contributed by atoms with Gasteiger partial charge in [0.25, 0.3) is 12.3 Å². The van der Waals surface area contributed by atoms with E-state index in [0.29, 0.717) is 4.68 Å². The monoisotopic (exact) mass is 240 g/mol. The molecule has 1 atom stereocenters. The molecule has 1 aromatic heterocycles. The molecule has 2 rings (SSSR count). The molecule has 1 aliphatic carbocycles. The molecule has 0 fully saturated rings. The van der Waals surface area contributed by atoms with E-state index in [9.17, 15) is 22.0 Å². The number of aromatic nitrogens is 2. The Balaban J connectivity index is 2.65. The predicted molar refractivity (Wildman–Crippen MR) is 45.1 cm³/mol. The first-order valence-corrected chi connectivity index (χ1v) is 4.72. The summed E-state index contributed by atoms with van der Waals surface area (Å²) >= 11 is 0. The van der Waals surface area contributed by atoms with E-state index in [1.54, 1.807) is 0 Å². The number of rotatable bonds is 1. The summed E-state index contributed by atoms with van der Waals surface area (Å²) in [4.78, 5) is 0. The summed E-state index contributed by atoms with van der Waals surface area (Å²) < 4.78 is 66.0. The van der Waals surface area contributed by atoms with Gasteiger partial charge in [0.15, 0.2) is 0 Å². The second-order valence-electron chi connectivity index (χ2n) is 3.78. The first-order valence-electron chi connectivity index (χ1n) is 4.72. The highest BCUT2D eigenvalue weighted by molar-refractivity contribution is 5.35. The van der Waals surface area contributed by atoms with Crippen LogP contribution in [0.2, 0.25) is 0 Å². The van der Waals surface area contributed by atoms with Crippen molar-refractivity contribution in [2.45, 2.75) is 31.4 Å². The van der Waals surface area contributed by atoms with Gasteiger partial charge in [-0.15, -0.1) is 0 Å². The SMILES string of the molecule is Cn1nc(C(F)F)c2c1C(F)(F)CCC2F. The fourth-order valence-electron chi connectivity index (χ4n) is 2.04. The molecule has 0 saturated carbocycles. The van der Waals surface area contributed by atoms with Crippen LogP contribution in [0.1, 0.15) is 42.4 Å². The quantitative estimate of drug-likeness (QED) is 0.689. The zero-order chi connectivity index (χ0) is 12.1. The molecule has 1 heterocycles. The second-order valence-corrected chi connectivity index (χ2v) is 3.78. The molecule has 0 N–H and O–H groups in total. The molecule has 0 aliphatic heterocycles. The fraction of sp³-hybridized carbons (Fsp3) is 0.667. The van der Waals surface area contributed by atoms with Crippen molar-refractivity contribution in [2.24, 2.45) is 7.05 Å². The lowest BCUT2D eigenvalue weighted by molar-refractivity contribution is -0.0402. The van der Waals surface area contributed by atoms with E-state index in [1.807, 2.05) is 0 Å². The maximum absolute atomic E-state index is 13.4. The van der Waals surface area contributed by atoms with Crippen molar-refractivity contribution >= 4 is 0 Å². The van der Waals surface area contributed by atoms with Gasteiger partial charge in [-0.25, -0.2) is 13.2 Å². The third-order valence-corrected chi connectivity index (χ3v) is 2.69. The van der Waals surface area contributed by atoms with E-state index in [1.165, 1.54) is 0 Å². The van der Waals surface area contributed by atoms with Crippen LogP contribution in [0.25, 0.3) is 0 Å². The van der Waals surface area contributed by atoms with Gasteiger partial charge in [-0.05, 0) is 6.42 Å². The minimum Gasteiger partial charge on any atom is -0.266 e. The molecule has 0 saturated heterocycles. The molecule has 2 nitrogen and oxygen atoms in total. The molecule has 0 bridgehead atoms. The zero-order valence-electron chi connectivity index (χ0n) is 8.35. The third-order valence-electron chi connectivity index (χ3n) is 2.69. The topological polar surface area (TPSA) is 17.8 Å². The number of hydrogen-bond donors (Lipinski definition) is 0. The van der Waals surface area contributed by atoms with Crippen LogP contribution in [0.3, 0.4) is 0 Å². The second kappa shape index (κ2) is 3.43. The van der Waals surface area contributed by atoms with Gasteiger partial charge < -0.3 is 0 Å². The molecule has 90 valence electrons. The van der Waals surface area contributed by atoms with Gasteiger partial charge in [-0.1, -0.05) is 0 Å². The highest BCUT2D eigenvalue weighted by atomic mass is 19.3. The van der Waals surface area contributed by atoms with E-state index >= 15 is 0 Å². The van der Waals surface area contributed by atoms with Crippen molar-refractivity contribution in [3.05, 3.63) is 17.0 Å². The van der Waals surface area contributed by atoms with Crippen LogP contribution in [0, 0.1) is 0 Å². The Hall–Kier alpha value is -1.14. The summed E-state index contributed by atoms with van der Waals surface area (Å²) in [5.74, 6) is -3.28. The van der Waals surface area contributed by atoms with Gasteiger partial charge in [0.1, 0.15) is 17.6 Å². The zero-order valence-corrected chi connectivity index (χ0v) is 8.35. The molecule has 0 aromatic carbocycles. The number of halogens is 5. The standard InChI is InChI=1S/C9H9F5N2/c1-16-7-5(6(15-16)8(11)12)4(10)2-3-9(7,13)14/h4,8H,2-3H2,1H3. The molecule has 1 aliphatic rings. The predicted octanol–water partition coefficient (Wildman–Crippen LogP) is 3.25. The molecular formula is C9H9F5N2. The summed E-state index contributed by atoms with van der Waals surface area (Å²) in [6, 6.07) is 0. The van der Waals surface area contributed by atoms with Crippen molar-refractivity contribution in [1.82, 2.24) is 9.78 Å². The summed E-state index contributed by atoms with van der Waals surface area (Å²) in [5.41, 5.74) is -2.22. The van der Waals surface area contributed by atoms with Gasteiger partial charge in [0, 0.05) is 19.0 Å². The van der Waals surface area contributed by atoms with Crippen LogP contribution in [-0.4, -0.2) is 9.78 Å². The lowest BCUT2D eigenvalue weighted by Crippen LogP contribution is -2.25. The van der Waals surface area contributed by atoms with Crippen LogP contribution in [0.15, 0.2) is 0 Å². The van der Waals surface area contributed by atoms with Crippen molar-refractivity contribution < 1.29 is 22.0 Å². The number of fused-ring (bicyclic) bond motifs is 1. The molecule has 0 radical (unpaired) electrons. The smallest absolute Gasteiger partial charge is 0.266 e. The van der Waals surface area contributed by atoms with Crippen LogP contribution >= 0.6 is 0 Å². The van der Waals surface area contributed by atoms with Crippen LogP contribution in [0.4, 0.5) is 22.0 Å². The van der Waals surface area contributed by atoms with E-state index < -0.39 is 48.3 Å². The van der Waals surface area contributed by atoms with Crippen LogP contribution in [-0.2, 0) is 13.0 Å². The van der Waals surface area contributed by atoms with Gasteiger partial charge in [-0.2, -0.15) is 13.9 Å². The normalized spacial score (nSPS) is 23.6. The Labute approximate surface area is 88.1 Å². The number of nitrogens with zero attached hydrogens (tertiary/aromatic N) is 2. The Morgan fingerprint density at radius 2 is 2.06 bits per heavy atom. The molecule has 16 heavy (non-hydrogen) atoms. The Kier molecular flexibility index (Phi) is 2.43. The first kappa shape index (κ1) is 11.3.